The quantitative estimate of drug-likeness (QED) is 0.667. The van der Waals surface area contributed by atoms with Gasteiger partial charge in [-0.05, 0) is 68.0 Å². The summed E-state index contributed by atoms with van der Waals surface area (Å²) in [6, 6.07) is 2.29. The molecule has 3 rings (SSSR count). The normalized spacial score (nSPS) is 15.5. The molecule has 7 nitrogen and oxygen atoms in total. The first-order valence-electron chi connectivity index (χ1n) is 10.00. The summed E-state index contributed by atoms with van der Waals surface area (Å²) in [5.74, 6) is -2.01. The fraction of sp³-hybridized carbons (Fsp3) is 0.571. The van der Waals surface area contributed by atoms with Crippen molar-refractivity contribution in [1.82, 2.24) is 5.32 Å². The van der Waals surface area contributed by atoms with E-state index in [0.29, 0.717) is 19.4 Å². The molecule has 2 aliphatic heterocycles. The minimum absolute atomic E-state index is 0.144. The van der Waals surface area contributed by atoms with Gasteiger partial charge in [0.1, 0.15) is 0 Å². The molecule has 0 fully saturated rings. The monoisotopic (exact) mass is 408 g/mol. The summed E-state index contributed by atoms with van der Waals surface area (Å²) < 4.78 is 12.5. The van der Waals surface area contributed by atoms with Crippen molar-refractivity contribution in [2.24, 2.45) is 0 Å². The topological polar surface area (TPSA) is 107 Å². The van der Waals surface area contributed by atoms with Crippen LogP contribution in [0.3, 0.4) is 0 Å². The number of benzene rings is 1. The standard InChI is InChI=1S/C17H23FN2O.C4H6O4/c1-12-15-6-9-19-8-5-13(15)11-14-3-4-16(21)20(17(12)14)10-2-7-18;5-3(6)1-2-4(7)8/h11,19H,2-10H2,1H3;1-2H2,(H,5,6)(H,7,8). The number of amides is 1. The largest absolute Gasteiger partial charge is 0.481 e. The van der Waals surface area contributed by atoms with Crippen molar-refractivity contribution in [1.29, 1.82) is 0 Å². The fourth-order valence-corrected chi connectivity index (χ4v) is 3.86. The molecule has 0 aromatic heterocycles. The lowest BCUT2D eigenvalue weighted by molar-refractivity contribution is -0.143. The second-order valence-electron chi connectivity index (χ2n) is 7.27. The van der Waals surface area contributed by atoms with Gasteiger partial charge in [-0.3, -0.25) is 18.8 Å². The first-order chi connectivity index (χ1) is 13.8. The SMILES string of the molecule is Cc1c2c(cc3c1N(CCCF)C(=O)CC3)CCNCC2.O=C(O)CCC(=O)O. The van der Waals surface area contributed by atoms with Crippen LogP contribution < -0.4 is 10.2 Å². The Bertz CT molecular complexity index is 752. The summed E-state index contributed by atoms with van der Waals surface area (Å²) in [5.41, 5.74) is 6.39. The molecule has 0 bridgehead atoms. The Labute approximate surface area is 169 Å². The average Bonchev–Trinajstić information content (AvgIpc) is 2.92. The van der Waals surface area contributed by atoms with Gasteiger partial charge in [0.05, 0.1) is 25.2 Å². The summed E-state index contributed by atoms with van der Waals surface area (Å²) in [7, 11) is 0. The number of carbonyl (C=O) groups excluding carboxylic acids is 1. The number of carboxylic acids is 2. The number of alkyl halides is 1. The number of hydrogen-bond acceptors (Lipinski definition) is 4. The highest BCUT2D eigenvalue weighted by Crippen LogP contribution is 2.36. The number of carbonyl (C=O) groups is 3. The molecule has 0 atom stereocenters. The summed E-state index contributed by atoms with van der Waals surface area (Å²) in [4.78, 5) is 33.3. The number of hydrogen-bond donors (Lipinski definition) is 3. The Morgan fingerprint density at radius 3 is 2.34 bits per heavy atom. The van der Waals surface area contributed by atoms with Crippen molar-refractivity contribution in [2.75, 3.05) is 31.2 Å². The number of halogens is 1. The molecular weight excluding hydrogens is 379 g/mol. The zero-order valence-electron chi connectivity index (χ0n) is 16.8. The predicted molar refractivity (Wildman–Crippen MR) is 107 cm³/mol. The summed E-state index contributed by atoms with van der Waals surface area (Å²) >= 11 is 0. The maximum atomic E-state index is 12.5. The van der Waals surface area contributed by atoms with E-state index in [-0.39, 0.29) is 25.4 Å². The van der Waals surface area contributed by atoms with Gasteiger partial charge in [-0.1, -0.05) is 6.07 Å². The van der Waals surface area contributed by atoms with Crippen LogP contribution in [0.1, 0.15) is 47.9 Å². The van der Waals surface area contributed by atoms with Crippen LogP contribution >= 0.6 is 0 Å². The van der Waals surface area contributed by atoms with E-state index in [4.69, 9.17) is 10.2 Å². The molecule has 29 heavy (non-hydrogen) atoms. The predicted octanol–water partition coefficient (Wildman–Crippen LogP) is 2.26. The zero-order valence-corrected chi connectivity index (χ0v) is 16.8. The molecule has 2 heterocycles. The Hall–Kier alpha value is -2.48. The van der Waals surface area contributed by atoms with Crippen LogP contribution in [0.4, 0.5) is 10.1 Å². The molecule has 0 radical (unpaired) electrons. The van der Waals surface area contributed by atoms with Crippen LogP contribution in [0.15, 0.2) is 6.07 Å². The Kier molecular flexibility index (Phi) is 8.57. The number of rotatable bonds is 6. The molecule has 1 aromatic rings. The van der Waals surface area contributed by atoms with Gasteiger partial charge in [0.15, 0.2) is 0 Å². The van der Waals surface area contributed by atoms with E-state index >= 15 is 0 Å². The molecule has 160 valence electrons. The van der Waals surface area contributed by atoms with E-state index in [9.17, 15) is 18.8 Å². The van der Waals surface area contributed by atoms with Crippen LogP contribution in [-0.4, -0.2) is 54.4 Å². The molecule has 0 aliphatic carbocycles. The summed E-state index contributed by atoms with van der Waals surface area (Å²) in [5, 5.41) is 19.2. The van der Waals surface area contributed by atoms with E-state index in [2.05, 4.69) is 18.3 Å². The van der Waals surface area contributed by atoms with Crippen molar-refractivity contribution in [3.8, 4) is 0 Å². The molecular formula is C21H29FN2O5. The van der Waals surface area contributed by atoms with Crippen molar-refractivity contribution in [3.63, 3.8) is 0 Å². The van der Waals surface area contributed by atoms with Gasteiger partial charge in [-0.15, -0.1) is 0 Å². The van der Waals surface area contributed by atoms with Crippen molar-refractivity contribution in [3.05, 3.63) is 28.3 Å². The van der Waals surface area contributed by atoms with Crippen LogP contribution in [-0.2, 0) is 33.6 Å². The van der Waals surface area contributed by atoms with Crippen LogP contribution in [0, 0.1) is 6.92 Å². The Morgan fingerprint density at radius 1 is 1.07 bits per heavy atom. The molecule has 3 N–H and O–H groups in total. The van der Waals surface area contributed by atoms with E-state index in [1.165, 1.54) is 22.3 Å². The average molecular weight is 408 g/mol. The minimum Gasteiger partial charge on any atom is -0.481 e. The highest BCUT2D eigenvalue weighted by atomic mass is 19.1. The lowest BCUT2D eigenvalue weighted by Crippen LogP contribution is -2.37. The van der Waals surface area contributed by atoms with Crippen LogP contribution in [0.25, 0.3) is 0 Å². The third-order valence-electron chi connectivity index (χ3n) is 5.22. The maximum absolute atomic E-state index is 12.5. The van der Waals surface area contributed by atoms with E-state index in [1.807, 2.05) is 4.90 Å². The maximum Gasteiger partial charge on any atom is 0.303 e. The van der Waals surface area contributed by atoms with Crippen molar-refractivity contribution < 1.29 is 29.0 Å². The van der Waals surface area contributed by atoms with Crippen LogP contribution in [0.2, 0.25) is 0 Å². The molecule has 1 amide bonds. The van der Waals surface area contributed by atoms with Crippen molar-refractivity contribution in [2.45, 2.75) is 51.9 Å². The summed E-state index contributed by atoms with van der Waals surface area (Å²) in [6.45, 7) is 4.28. The molecule has 2 aliphatic rings. The Morgan fingerprint density at radius 2 is 1.72 bits per heavy atom. The first kappa shape index (κ1) is 22.8. The lowest BCUT2D eigenvalue weighted by atomic mass is 9.88. The number of nitrogens with one attached hydrogen (secondary N) is 1. The fourth-order valence-electron chi connectivity index (χ4n) is 3.86. The van der Waals surface area contributed by atoms with E-state index < -0.39 is 11.9 Å². The second-order valence-corrected chi connectivity index (χ2v) is 7.27. The highest BCUT2D eigenvalue weighted by molar-refractivity contribution is 5.97. The Balaban J connectivity index is 0.000000321. The van der Waals surface area contributed by atoms with Gasteiger partial charge in [-0.2, -0.15) is 0 Å². The number of carboxylic acid groups (broad SMARTS) is 2. The van der Waals surface area contributed by atoms with Crippen molar-refractivity contribution >= 4 is 23.5 Å². The molecule has 0 spiro atoms. The van der Waals surface area contributed by atoms with Gasteiger partial charge in [-0.25, -0.2) is 0 Å². The van der Waals surface area contributed by atoms with E-state index in [1.54, 1.807) is 0 Å². The smallest absolute Gasteiger partial charge is 0.303 e. The number of anilines is 1. The van der Waals surface area contributed by atoms with Gasteiger partial charge in [0.25, 0.3) is 0 Å². The second kappa shape index (κ2) is 10.9. The number of fused-ring (bicyclic) bond motifs is 2. The van der Waals surface area contributed by atoms with Gasteiger partial charge < -0.3 is 20.4 Å². The van der Waals surface area contributed by atoms with E-state index in [0.717, 1.165) is 38.0 Å². The summed E-state index contributed by atoms with van der Waals surface area (Å²) in [6.07, 6.45) is 3.27. The number of aryl methyl sites for hydroxylation is 1. The highest BCUT2D eigenvalue weighted by Gasteiger charge is 2.28. The van der Waals surface area contributed by atoms with Gasteiger partial charge in [0.2, 0.25) is 5.91 Å². The van der Waals surface area contributed by atoms with Crippen LogP contribution in [0.5, 0.6) is 0 Å². The van der Waals surface area contributed by atoms with Gasteiger partial charge >= 0.3 is 11.9 Å². The molecule has 0 saturated heterocycles. The molecule has 0 saturated carbocycles. The molecule has 8 heteroatoms. The van der Waals surface area contributed by atoms with Gasteiger partial charge in [0, 0.05) is 13.0 Å². The molecule has 1 aromatic carbocycles. The lowest BCUT2D eigenvalue weighted by Gasteiger charge is -2.32. The third kappa shape index (κ3) is 6.25. The minimum atomic E-state index is -1.08. The number of aliphatic carboxylic acids is 2. The third-order valence-corrected chi connectivity index (χ3v) is 5.22. The first-order valence-corrected chi connectivity index (χ1v) is 10.00. The number of nitrogens with zero attached hydrogens (tertiary/aromatic N) is 1. The molecule has 0 unspecified atom stereocenters. The zero-order chi connectivity index (χ0) is 21.4.